The van der Waals surface area contributed by atoms with Crippen LogP contribution in [0.2, 0.25) is 0 Å². The van der Waals surface area contributed by atoms with Gasteiger partial charge in [-0.05, 0) is 18.8 Å². The van der Waals surface area contributed by atoms with Gasteiger partial charge in [-0.2, -0.15) is 0 Å². The lowest BCUT2D eigenvalue weighted by atomic mass is 9.86. The molecule has 5 nitrogen and oxygen atoms in total. The first-order valence-electron chi connectivity index (χ1n) is 6.74. The SMILES string of the molecule is O=C(CC1CCCCC1)NC1(C(=O)O)CCOC1. The van der Waals surface area contributed by atoms with Crippen molar-refractivity contribution in [2.75, 3.05) is 13.2 Å². The minimum atomic E-state index is -1.19. The van der Waals surface area contributed by atoms with Crippen molar-refractivity contribution in [3.05, 3.63) is 0 Å². The van der Waals surface area contributed by atoms with Crippen molar-refractivity contribution >= 4 is 11.9 Å². The molecule has 5 heteroatoms. The predicted octanol–water partition coefficient (Wildman–Crippen LogP) is 1.32. The second-order valence-electron chi connectivity index (χ2n) is 5.45. The highest BCUT2D eigenvalue weighted by molar-refractivity contribution is 5.87. The van der Waals surface area contributed by atoms with Crippen LogP contribution in [0, 0.1) is 5.92 Å². The summed E-state index contributed by atoms with van der Waals surface area (Å²) in [6, 6.07) is 0. The van der Waals surface area contributed by atoms with Crippen molar-refractivity contribution in [3.63, 3.8) is 0 Å². The summed E-state index contributed by atoms with van der Waals surface area (Å²) in [7, 11) is 0. The number of amides is 1. The molecule has 18 heavy (non-hydrogen) atoms. The molecule has 0 bridgehead atoms. The highest BCUT2D eigenvalue weighted by Crippen LogP contribution is 2.27. The molecule has 102 valence electrons. The minimum absolute atomic E-state index is 0.0821. The smallest absolute Gasteiger partial charge is 0.331 e. The molecule has 0 spiro atoms. The van der Waals surface area contributed by atoms with Crippen molar-refractivity contribution in [1.29, 1.82) is 0 Å². The van der Waals surface area contributed by atoms with Gasteiger partial charge in [0, 0.05) is 19.4 Å². The van der Waals surface area contributed by atoms with Crippen molar-refractivity contribution < 1.29 is 19.4 Å². The lowest BCUT2D eigenvalue weighted by molar-refractivity contribution is -0.147. The summed E-state index contributed by atoms with van der Waals surface area (Å²) in [6.07, 6.45) is 6.61. The standard InChI is InChI=1S/C13H21NO4/c15-11(8-10-4-2-1-3-5-10)14-13(12(16)17)6-7-18-9-13/h10H,1-9H2,(H,14,15)(H,16,17). The maximum absolute atomic E-state index is 11.9. The van der Waals surface area contributed by atoms with Crippen LogP contribution in [0.3, 0.4) is 0 Å². The van der Waals surface area contributed by atoms with Gasteiger partial charge in [0.2, 0.25) is 5.91 Å². The van der Waals surface area contributed by atoms with Crippen LogP contribution in [0.4, 0.5) is 0 Å². The number of ether oxygens (including phenoxy) is 1. The van der Waals surface area contributed by atoms with E-state index < -0.39 is 11.5 Å². The van der Waals surface area contributed by atoms with Crippen molar-refractivity contribution in [2.45, 2.75) is 50.5 Å². The van der Waals surface area contributed by atoms with Crippen LogP contribution in [0.1, 0.15) is 44.9 Å². The topological polar surface area (TPSA) is 75.6 Å². The Kier molecular flexibility index (Phi) is 4.22. The monoisotopic (exact) mass is 255 g/mol. The molecule has 1 aliphatic heterocycles. The normalized spacial score (nSPS) is 29.1. The van der Waals surface area contributed by atoms with Crippen LogP contribution >= 0.6 is 0 Å². The van der Waals surface area contributed by atoms with E-state index in [1.807, 2.05) is 0 Å². The number of carbonyl (C=O) groups is 2. The van der Waals surface area contributed by atoms with Gasteiger partial charge in [-0.15, -0.1) is 0 Å². The van der Waals surface area contributed by atoms with E-state index >= 15 is 0 Å². The van der Waals surface area contributed by atoms with Gasteiger partial charge < -0.3 is 15.2 Å². The number of aliphatic carboxylic acids is 1. The van der Waals surface area contributed by atoms with Crippen LogP contribution < -0.4 is 5.32 Å². The van der Waals surface area contributed by atoms with Crippen molar-refractivity contribution in [1.82, 2.24) is 5.32 Å². The summed E-state index contributed by atoms with van der Waals surface area (Å²) in [6.45, 7) is 0.481. The first kappa shape index (κ1) is 13.3. The largest absolute Gasteiger partial charge is 0.479 e. The first-order valence-corrected chi connectivity index (χ1v) is 6.74. The fourth-order valence-electron chi connectivity index (χ4n) is 2.86. The Bertz CT molecular complexity index is 317. The zero-order valence-electron chi connectivity index (χ0n) is 10.6. The number of nitrogens with one attached hydrogen (secondary N) is 1. The van der Waals surface area contributed by atoms with Gasteiger partial charge in [-0.25, -0.2) is 4.79 Å². The summed E-state index contributed by atoms with van der Waals surface area (Å²) in [5, 5.41) is 11.9. The van der Waals surface area contributed by atoms with E-state index in [2.05, 4.69) is 5.32 Å². The van der Waals surface area contributed by atoms with Gasteiger partial charge >= 0.3 is 5.97 Å². The van der Waals surface area contributed by atoms with Crippen LogP contribution in [0.15, 0.2) is 0 Å². The van der Waals surface area contributed by atoms with E-state index in [4.69, 9.17) is 4.74 Å². The Morgan fingerprint density at radius 3 is 2.56 bits per heavy atom. The molecule has 2 rings (SSSR count). The van der Waals surface area contributed by atoms with Gasteiger partial charge in [0.1, 0.15) is 0 Å². The Morgan fingerprint density at radius 2 is 2.00 bits per heavy atom. The van der Waals surface area contributed by atoms with Crippen molar-refractivity contribution in [3.8, 4) is 0 Å². The Morgan fingerprint density at radius 1 is 1.28 bits per heavy atom. The molecule has 1 unspecified atom stereocenters. The second-order valence-corrected chi connectivity index (χ2v) is 5.45. The van der Waals surface area contributed by atoms with Gasteiger partial charge in [0.05, 0.1) is 6.61 Å². The molecule has 0 radical (unpaired) electrons. The fourth-order valence-corrected chi connectivity index (χ4v) is 2.86. The van der Waals surface area contributed by atoms with Crippen molar-refractivity contribution in [2.24, 2.45) is 5.92 Å². The van der Waals surface area contributed by atoms with E-state index in [0.717, 1.165) is 12.8 Å². The van der Waals surface area contributed by atoms with Crippen LogP contribution in [0.5, 0.6) is 0 Å². The van der Waals surface area contributed by atoms with E-state index in [-0.39, 0.29) is 12.5 Å². The van der Waals surface area contributed by atoms with Crippen LogP contribution in [0.25, 0.3) is 0 Å². The molecule has 2 fully saturated rings. The molecule has 0 aromatic heterocycles. The minimum Gasteiger partial charge on any atom is -0.479 e. The lowest BCUT2D eigenvalue weighted by Gasteiger charge is -2.26. The maximum atomic E-state index is 11.9. The van der Waals surface area contributed by atoms with E-state index in [0.29, 0.717) is 25.4 Å². The second kappa shape index (κ2) is 5.69. The molecule has 0 aromatic rings. The van der Waals surface area contributed by atoms with E-state index in [1.165, 1.54) is 19.3 Å². The zero-order chi connectivity index (χ0) is 13.0. The fraction of sp³-hybridized carbons (Fsp3) is 0.846. The lowest BCUT2D eigenvalue weighted by Crippen LogP contribution is -2.55. The molecule has 1 saturated carbocycles. The average molecular weight is 255 g/mol. The number of carbonyl (C=O) groups excluding carboxylic acids is 1. The first-order chi connectivity index (χ1) is 8.62. The Balaban J connectivity index is 1.87. The summed E-state index contributed by atoms with van der Waals surface area (Å²) < 4.78 is 5.12. The highest BCUT2D eigenvalue weighted by atomic mass is 16.5. The highest BCUT2D eigenvalue weighted by Gasteiger charge is 2.44. The number of rotatable bonds is 4. The summed E-state index contributed by atoms with van der Waals surface area (Å²) >= 11 is 0. The molecule has 2 aliphatic rings. The Hall–Kier alpha value is -1.10. The number of carboxylic acids is 1. The van der Waals surface area contributed by atoms with Crippen LogP contribution in [-0.2, 0) is 14.3 Å². The summed E-state index contributed by atoms with van der Waals surface area (Å²) in [5.41, 5.74) is -1.19. The molecule has 1 heterocycles. The maximum Gasteiger partial charge on any atom is 0.331 e. The molecule has 1 saturated heterocycles. The van der Waals surface area contributed by atoms with Gasteiger partial charge in [0.25, 0.3) is 0 Å². The van der Waals surface area contributed by atoms with Crippen LogP contribution in [-0.4, -0.2) is 35.7 Å². The Labute approximate surface area is 107 Å². The molecular weight excluding hydrogens is 234 g/mol. The third-order valence-corrected chi connectivity index (χ3v) is 4.01. The number of carboxylic acid groups (broad SMARTS) is 1. The predicted molar refractivity (Wildman–Crippen MR) is 65.1 cm³/mol. The molecule has 1 amide bonds. The van der Waals surface area contributed by atoms with E-state index in [9.17, 15) is 14.7 Å². The van der Waals surface area contributed by atoms with Gasteiger partial charge in [-0.3, -0.25) is 4.79 Å². The third-order valence-electron chi connectivity index (χ3n) is 4.01. The molecular formula is C13H21NO4. The van der Waals surface area contributed by atoms with Gasteiger partial charge in [0.15, 0.2) is 5.54 Å². The zero-order valence-corrected chi connectivity index (χ0v) is 10.6. The molecule has 1 atom stereocenters. The molecule has 1 aliphatic carbocycles. The van der Waals surface area contributed by atoms with E-state index in [1.54, 1.807) is 0 Å². The third kappa shape index (κ3) is 3.02. The summed E-state index contributed by atoms with van der Waals surface area (Å²) in [5.74, 6) is -0.710. The quantitative estimate of drug-likeness (QED) is 0.794. The number of hydrogen-bond donors (Lipinski definition) is 2. The number of hydrogen-bond acceptors (Lipinski definition) is 3. The molecule has 0 aromatic carbocycles. The molecule has 2 N–H and O–H groups in total. The summed E-state index contributed by atoms with van der Waals surface area (Å²) in [4.78, 5) is 23.2. The average Bonchev–Trinajstić information content (AvgIpc) is 2.80. The van der Waals surface area contributed by atoms with Gasteiger partial charge in [-0.1, -0.05) is 19.3 Å².